The van der Waals surface area contributed by atoms with E-state index in [-0.39, 0.29) is 6.61 Å². The molecule has 0 radical (unpaired) electrons. The predicted molar refractivity (Wildman–Crippen MR) is 93.3 cm³/mol. The Hall–Kier alpha value is -0.340. The molecule has 0 unspecified atom stereocenters. The normalized spacial score (nSPS) is 10.5. The quantitative estimate of drug-likeness (QED) is 0.663. The van der Waals surface area contributed by atoms with Crippen LogP contribution < -0.4 is 4.74 Å². The molecule has 0 atom stereocenters. The molecule has 2 rings (SSSR count). The molecule has 1 N–H and O–H groups in total. The highest BCUT2D eigenvalue weighted by Gasteiger charge is 2.08. The first-order valence-corrected chi connectivity index (χ1v) is 8.03. The minimum absolute atomic E-state index is 0.0598. The van der Waals surface area contributed by atoms with E-state index in [0.29, 0.717) is 6.61 Å². The van der Waals surface area contributed by atoms with Crippen molar-refractivity contribution in [2.45, 2.75) is 20.1 Å². The van der Waals surface area contributed by atoms with Crippen LogP contribution >= 0.6 is 45.2 Å². The first-order chi connectivity index (χ1) is 9.10. The van der Waals surface area contributed by atoms with E-state index in [2.05, 4.69) is 76.4 Å². The van der Waals surface area contributed by atoms with Crippen LogP contribution in [0.3, 0.4) is 0 Å². The molecular weight excluding hydrogens is 466 g/mol. The van der Waals surface area contributed by atoms with Gasteiger partial charge in [0.05, 0.1) is 13.7 Å². The van der Waals surface area contributed by atoms with E-state index in [1.807, 2.05) is 12.1 Å². The maximum Gasteiger partial charge on any atom is 0.146 e. The highest BCUT2D eigenvalue weighted by Crippen LogP contribution is 2.29. The van der Waals surface area contributed by atoms with E-state index in [9.17, 15) is 0 Å². The molecule has 100 valence electrons. The Bertz CT molecular complexity index is 542. The first kappa shape index (κ1) is 15.1. The lowest BCUT2D eigenvalue weighted by atomic mass is 10.2. The van der Waals surface area contributed by atoms with Gasteiger partial charge in [0.15, 0.2) is 0 Å². The van der Waals surface area contributed by atoms with Crippen molar-refractivity contribution in [3.63, 3.8) is 0 Å². The third kappa shape index (κ3) is 4.06. The minimum Gasteiger partial charge on any atom is -0.487 e. The van der Waals surface area contributed by atoms with E-state index in [0.717, 1.165) is 24.0 Å². The van der Waals surface area contributed by atoms with Crippen LogP contribution in [0.2, 0.25) is 0 Å². The number of benzene rings is 2. The maximum atomic E-state index is 9.16. The lowest BCUT2D eigenvalue weighted by Crippen LogP contribution is -2.00. The van der Waals surface area contributed by atoms with Crippen molar-refractivity contribution < 1.29 is 9.84 Å². The molecule has 4 heteroatoms. The molecular formula is C15H14I2O2. The molecule has 0 aliphatic heterocycles. The number of hydrogen-bond acceptors (Lipinski definition) is 2. The van der Waals surface area contributed by atoms with Gasteiger partial charge in [0.1, 0.15) is 12.4 Å². The molecule has 0 fully saturated rings. The Labute approximate surface area is 140 Å². The molecule has 19 heavy (non-hydrogen) atoms. The van der Waals surface area contributed by atoms with E-state index >= 15 is 0 Å². The van der Waals surface area contributed by atoms with E-state index in [4.69, 9.17) is 9.84 Å². The van der Waals surface area contributed by atoms with Crippen molar-refractivity contribution in [2.24, 2.45) is 0 Å². The van der Waals surface area contributed by atoms with E-state index < -0.39 is 0 Å². The summed E-state index contributed by atoms with van der Waals surface area (Å²) in [5, 5.41) is 9.16. The largest absolute Gasteiger partial charge is 0.487 e. The number of hydrogen-bond donors (Lipinski definition) is 1. The molecule has 0 saturated heterocycles. The summed E-state index contributed by atoms with van der Waals surface area (Å²) in [6.45, 7) is 2.69. The van der Waals surface area contributed by atoms with Crippen LogP contribution in [0.25, 0.3) is 0 Å². The maximum absolute atomic E-state index is 9.16. The van der Waals surface area contributed by atoms with Crippen molar-refractivity contribution in [2.75, 3.05) is 0 Å². The van der Waals surface area contributed by atoms with Gasteiger partial charge in [0.2, 0.25) is 0 Å². The minimum atomic E-state index is 0.0598. The topological polar surface area (TPSA) is 29.5 Å². The third-order valence-corrected chi connectivity index (χ3v) is 4.35. The summed E-state index contributed by atoms with van der Waals surface area (Å²) in [7, 11) is 0. The molecule has 0 amide bonds. The Morgan fingerprint density at radius 2 is 1.58 bits per heavy atom. The summed E-state index contributed by atoms with van der Waals surface area (Å²) >= 11 is 4.48. The lowest BCUT2D eigenvalue weighted by Gasteiger charge is -2.12. The molecule has 0 heterocycles. The van der Waals surface area contributed by atoms with Crippen molar-refractivity contribution >= 4 is 45.2 Å². The number of rotatable bonds is 4. The fourth-order valence-electron chi connectivity index (χ4n) is 1.68. The predicted octanol–water partition coefficient (Wildman–Crippen LogP) is 4.28. The van der Waals surface area contributed by atoms with Gasteiger partial charge in [-0.3, -0.25) is 0 Å². The Balaban J connectivity index is 2.13. The van der Waals surface area contributed by atoms with Gasteiger partial charge < -0.3 is 9.84 Å². The van der Waals surface area contributed by atoms with Crippen molar-refractivity contribution in [3.05, 3.63) is 60.2 Å². The standard InChI is InChI=1S/C15H14I2O2/c1-10-2-4-11(5-3-10)9-19-15-13(16)6-12(8-18)7-14(15)17/h2-7,18H,8-9H2,1H3. The zero-order valence-corrected chi connectivity index (χ0v) is 14.8. The molecule has 0 aliphatic carbocycles. The highest BCUT2D eigenvalue weighted by molar-refractivity contribution is 14.1. The fourth-order valence-corrected chi connectivity index (χ4v) is 3.89. The van der Waals surface area contributed by atoms with Crippen LogP contribution in [0, 0.1) is 14.1 Å². The van der Waals surface area contributed by atoms with Crippen molar-refractivity contribution in [1.29, 1.82) is 0 Å². The fraction of sp³-hybridized carbons (Fsp3) is 0.200. The number of aliphatic hydroxyl groups is 1. The van der Waals surface area contributed by atoms with Gasteiger partial charge in [0.25, 0.3) is 0 Å². The first-order valence-electron chi connectivity index (χ1n) is 5.87. The Morgan fingerprint density at radius 1 is 1.00 bits per heavy atom. The Morgan fingerprint density at radius 3 is 2.11 bits per heavy atom. The van der Waals surface area contributed by atoms with Gasteiger partial charge in [-0.05, 0) is 75.4 Å². The summed E-state index contributed by atoms with van der Waals surface area (Å²) < 4.78 is 7.95. The third-order valence-electron chi connectivity index (χ3n) is 2.74. The summed E-state index contributed by atoms with van der Waals surface area (Å²) in [6.07, 6.45) is 0. The molecule has 0 spiro atoms. The van der Waals surface area contributed by atoms with Crippen molar-refractivity contribution in [1.82, 2.24) is 0 Å². The van der Waals surface area contributed by atoms with Crippen LogP contribution in [0.5, 0.6) is 5.75 Å². The number of aliphatic hydroxyl groups excluding tert-OH is 1. The SMILES string of the molecule is Cc1ccc(COc2c(I)cc(CO)cc2I)cc1. The second-order valence-corrected chi connectivity index (χ2v) is 6.65. The summed E-state index contributed by atoms with van der Waals surface area (Å²) in [5.74, 6) is 0.888. The smallest absolute Gasteiger partial charge is 0.146 e. The molecule has 0 aromatic heterocycles. The van der Waals surface area contributed by atoms with Crippen molar-refractivity contribution in [3.8, 4) is 5.75 Å². The average Bonchev–Trinajstić information content (AvgIpc) is 2.39. The van der Waals surface area contributed by atoms with E-state index in [1.165, 1.54) is 5.56 Å². The average molecular weight is 480 g/mol. The number of ether oxygens (including phenoxy) is 1. The molecule has 2 nitrogen and oxygen atoms in total. The van der Waals surface area contributed by atoms with Crippen LogP contribution in [-0.4, -0.2) is 5.11 Å². The van der Waals surface area contributed by atoms with Gasteiger partial charge in [-0.25, -0.2) is 0 Å². The second-order valence-electron chi connectivity index (χ2n) is 4.32. The number of aryl methyl sites for hydroxylation is 1. The summed E-state index contributed by atoms with van der Waals surface area (Å²) in [6, 6.07) is 12.2. The lowest BCUT2D eigenvalue weighted by molar-refractivity contribution is 0.280. The monoisotopic (exact) mass is 480 g/mol. The summed E-state index contributed by atoms with van der Waals surface area (Å²) in [5.41, 5.74) is 3.32. The summed E-state index contributed by atoms with van der Waals surface area (Å²) in [4.78, 5) is 0. The van der Waals surface area contributed by atoms with Crippen LogP contribution in [0.15, 0.2) is 36.4 Å². The zero-order valence-electron chi connectivity index (χ0n) is 10.5. The van der Waals surface area contributed by atoms with Gasteiger partial charge in [0, 0.05) is 0 Å². The van der Waals surface area contributed by atoms with Crippen LogP contribution in [0.4, 0.5) is 0 Å². The zero-order chi connectivity index (χ0) is 13.8. The van der Waals surface area contributed by atoms with Gasteiger partial charge in [-0.2, -0.15) is 0 Å². The van der Waals surface area contributed by atoms with E-state index in [1.54, 1.807) is 0 Å². The second kappa shape index (κ2) is 6.90. The molecule has 2 aromatic rings. The Kier molecular flexibility index (Phi) is 5.47. The number of halogens is 2. The van der Waals surface area contributed by atoms with Crippen LogP contribution in [0.1, 0.15) is 16.7 Å². The van der Waals surface area contributed by atoms with Gasteiger partial charge in [-0.15, -0.1) is 0 Å². The molecule has 0 aliphatic rings. The molecule has 0 bridgehead atoms. The van der Waals surface area contributed by atoms with Gasteiger partial charge >= 0.3 is 0 Å². The highest BCUT2D eigenvalue weighted by atomic mass is 127. The molecule has 2 aromatic carbocycles. The molecule has 0 saturated carbocycles. The van der Waals surface area contributed by atoms with Crippen LogP contribution in [-0.2, 0) is 13.2 Å². The van der Waals surface area contributed by atoms with Gasteiger partial charge in [-0.1, -0.05) is 29.8 Å².